The number of nitrogens with zero attached hydrogens (tertiary/aromatic N) is 1. The summed E-state index contributed by atoms with van der Waals surface area (Å²) in [7, 11) is 0. The van der Waals surface area contributed by atoms with E-state index in [2.05, 4.69) is 21.2 Å². The molecule has 2 amide bonds. The fourth-order valence-electron chi connectivity index (χ4n) is 2.56. The first-order valence-electron chi connectivity index (χ1n) is 7.74. The molecule has 2 aromatic rings. The van der Waals surface area contributed by atoms with E-state index in [1.54, 1.807) is 18.2 Å². The third-order valence-electron chi connectivity index (χ3n) is 3.83. The van der Waals surface area contributed by atoms with Crippen molar-refractivity contribution in [1.82, 2.24) is 4.90 Å². The van der Waals surface area contributed by atoms with Crippen molar-refractivity contribution in [3.05, 3.63) is 57.4 Å². The van der Waals surface area contributed by atoms with Crippen molar-refractivity contribution in [2.75, 3.05) is 18.8 Å². The molecule has 0 bridgehead atoms. The van der Waals surface area contributed by atoms with Gasteiger partial charge in [0.15, 0.2) is 11.5 Å². The van der Waals surface area contributed by atoms with Crippen LogP contribution < -0.4 is 14.8 Å². The minimum absolute atomic E-state index is 0.111. The van der Waals surface area contributed by atoms with Gasteiger partial charge in [-0.25, -0.2) is 0 Å². The number of halogens is 1. The van der Waals surface area contributed by atoms with Crippen LogP contribution in [0.4, 0.5) is 10.5 Å². The van der Waals surface area contributed by atoms with Crippen molar-refractivity contribution >= 4 is 50.6 Å². The van der Waals surface area contributed by atoms with Gasteiger partial charge in [0.1, 0.15) is 0 Å². The molecule has 1 fully saturated rings. The van der Waals surface area contributed by atoms with Crippen molar-refractivity contribution in [3.8, 4) is 11.5 Å². The molecule has 0 unspecified atom stereocenters. The highest BCUT2D eigenvalue weighted by molar-refractivity contribution is 9.10. The lowest BCUT2D eigenvalue weighted by Crippen LogP contribution is -2.33. The molecule has 0 saturated carbocycles. The Kier molecular flexibility index (Phi) is 4.60. The van der Waals surface area contributed by atoms with E-state index >= 15 is 0 Å². The number of imide groups is 1. The summed E-state index contributed by atoms with van der Waals surface area (Å²) in [4.78, 5) is 26.3. The summed E-state index contributed by atoms with van der Waals surface area (Å²) in [5, 5.41) is 2.78. The molecule has 0 aliphatic carbocycles. The van der Waals surface area contributed by atoms with E-state index in [0.29, 0.717) is 16.4 Å². The van der Waals surface area contributed by atoms with Gasteiger partial charge in [-0.1, -0.05) is 28.1 Å². The van der Waals surface area contributed by atoms with Gasteiger partial charge >= 0.3 is 0 Å². The van der Waals surface area contributed by atoms with Crippen molar-refractivity contribution in [3.63, 3.8) is 0 Å². The molecule has 0 radical (unpaired) electrons. The molecule has 0 spiro atoms. The summed E-state index contributed by atoms with van der Waals surface area (Å²) < 4.78 is 11.5. The molecule has 1 saturated heterocycles. The SMILES string of the molecule is O=C1SC(=Cc2ccc3c(c2)OCO3)C(=O)N1CNc1cccc(Br)c1. The van der Waals surface area contributed by atoms with Gasteiger partial charge in [-0.2, -0.15) is 0 Å². The van der Waals surface area contributed by atoms with Crippen LogP contribution in [0.15, 0.2) is 51.8 Å². The fraction of sp³-hybridized carbons (Fsp3) is 0.111. The van der Waals surface area contributed by atoms with Crippen molar-refractivity contribution in [1.29, 1.82) is 0 Å². The quantitative estimate of drug-likeness (QED) is 0.726. The largest absolute Gasteiger partial charge is 0.454 e. The zero-order valence-corrected chi connectivity index (χ0v) is 15.8. The maximum atomic E-state index is 12.6. The Bertz CT molecular complexity index is 931. The zero-order valence-electron chi connectivity index (χ0n) is 13.4. The number of hydrogen-bond donors (Lipinski definition) is 1. The number of fused-ring (bicyclic) bond motifs is 1. The Morgan fingerprint density at radius 2 is 2.00 bits per heavy atom. The fourth-order valence-corrected chi connectivity index (χ4v) is 3.80. The molecular formula is C18H13BrN2O4S. The Morgan fingerprint density at radius 1 is 1.15 bits per heavy atom. The number of thioether (sulfide) groups is 1. The number of carbonyl (C=O) groups excluding carboxylic acids is 2. The topological polar surface area (TPSA) is 67.9 Å². The molecule has 2 aliphatic heterocycles. The smallest absolute Gasteiger partial charge is 0.295 e. The number of benzene rings is 2. The maximum Gasteiger partial charge on any atom is 0.295 e. The predicted octanol–water partition coefficient (Wildman–Crippen LogP) is 4.28. The Balaban J connectivity index is 1.48. The number of hydrogen-bond acceptors (Lipinski definition) is 6. The Labute approximate surface area is 162 Å². The molecule has 8 heteroatoms. The monoisotopic (exact) mass is 432 g/mol. The lowest BCUT2D eigenvalue weighted by Gasteiger charge is -2.14. The predicted molar refractivity (Wildman–Crippen MR) is 103 cm³/mol. The number of carbonyl (C=O) groups is 2. The lowest BCUT2D eigenvalue weighted by molar-refractivity contribution is -0.122. The summed E-state index contributed by atoms with van der Waals surface area (Å²) in [5.41, 5.74) is 1.60. The Hall–Kier alpha value is -2.45. The van der Waals surface area contributed by atoms with Crippen molar-refractivity contribution in [2.24, 2.45) is 0 Å². The van der Waals surface area contributed by atoms with E-state index in [1.807, 2.05) is 30.3 Å². The molecule has 6 nitrogen and oxygen atoms in total. The lowest BCUT2D eigenvalue weighted by atomic mass is 10.2. The first kappa shape index (κ1) is 17.0. The first-order valence-corrected chi connectivity index (χ1v) is 9.35. The molecule has 0 aromatic heterocycles. The zero-order chi connectivity index (χ0) is 18.1. The molecule has 4 rings (SSSR count). The first-order chi connectivity index (χ1) is 12.6. The number of amides is 2. The minimum Gasteiger partial charge on any atom is -0.454 e. The van der Waals surface area contributed by atoms with Gasteiger partial charge in [0.2, 0.25) is 6.79 Å². The third-order valence-corrected chi connectivity index (χ3v) is 5.23. The number of nitrogens with one attached hydrogen (secondary N) is 1. The summed E-state index contributed by atoms with van der Waals surface area (Å²) in [5.74, 6) is 0.989. The van der Waals surface area contributed by atoms with E-state index in [9.17, 15) is 9.59 Å². The second kappa shape index (κ2) is 7.05. The van der Waals surface area contributed by atoms with Crippen LogP contribution in [0.2, 0.25) is 0 Å². The van der Waals surface area contributed by atoms with Gasteiger partial charge in [-0.15, -0.1) is 0 Å². The van der Waals surface area contributed by atoms with Gasteiger partial charge in [0.05, 0.1) is 11.6 Å². The molecule has 2 aromatic carbocycles. The van der Waals surface area contributed by atoms with Crippen LogP contribution in [-0.4, -0.2) is 29.5 Å². The maximum absolute atomic E-state index is 12.6. The van der Waals surface area contributed by atoms with Crippen molar-refractivity contribution in [2.45, 2.75) is 0 Å². The second-order valence-electron chi connectivity index (χ2n) is 5.57. The molecule has 1 N–H and O–H groups in total. The average Bonchev–Trinajstić information content (AvgIpc) is 3.18. The summed E-state index contributed by atoms with van der Waals surface area (Å²) in [6.07, 6.45) is 1.69. The van der Waals surface area contributed by atoms with Gasteiger partial charge < -0.3 is 14.8 Å². The van der Waals surface area contributed by atoms with Gasteiger partial charge in [0, 0.05) is 10.2 Å². The average molecular weight is 433 g/mol. The van der Waals surface area contributed by atoms with Crippen LogP contribution >= 0.6 is 27.7 Å². The van der Waals surface area contributed by atoms with Crippen LogP contribution in [0.25, 0.3) is 6.08 Å². The summed E-state index contributed by atoms with van der Waals surface area (Å²) in [6, 6.07) is 12.9. The molecular weight excluding hydrogens is 420 g/mol. The summed E-state index contributed by atoms with van der Waals surface area (Å²) >= 11 is 4.31. The van der Waals surface area contributed by atoms with E-state index in [0.717, 1.165) is 27.5 Å². The third kappa shape index (κ3) is 3.42. The molecule has 0 atom stereocenters. The normalized spacial score (nSPS) is 17.3. The van der Waals surface area contributed by atoms with Crippen LogP contribution in [0.1, 0.15) is 5.56 Å². The highest BCUT2D eigenvalue weighted by atomic mass is 79.9. The van der Waals surface area contributed by atoms with E-state index in [4.69, 9.17) is 9.47 Å². The molecule has 26 heavy (non-hydrogen) atoms. The van der Waals surface area contributed by atoms with Gasteiger partial charge in [-0.05, 0) is 53.7 Å². The molecule has 2 aliphatic rings. The standard InChI is InChI=1S/C18H13BrN2O4S/c19-12-2-1-3-13(8-12)20-9-21-17(22)16(26-18(21)23)7-11-4-5-14-15(6-11)25-10-24-14/h1-8,20H,9-10H2. The minimum atomic E-state index is -0.319. The Morgan fingerprint density at radius 3 is 2.85 bits per heavy atom. The molecule has 2 heterocycles. The van der Waals surface area contributed by atoms with Gasteiger partial charge in [0.25, 0.3) is 11.1 Å². The highest BCUT2D eigenvalue weighted by Crippen LogP contribution is 2.36. The number of ether oxygens (including phenoxy) is 2. The van der Waals surface area contributed by atoms with Crippen LogP contribution in [0, 0.1) is 0 Å². The van der Waals surface area contributed by atoms with E-state index in [1.165, 1.54) is 4.90 Å². The van der Waals surface area contributed by atoms with Gasteiger partial charge in [-0.3, -0.25) is 14.5 Å². The summed E-state index contributed by atoms with van der Waals surface area (Å²) in [6.45, 7) is 0.302. The number of rotatable bonds is 4. The highest BCUT2D eigenvalue weighted by Gasteiger charge is 2.34. The van der Waals surface area contributed by atoms with Crippen molar-refractivity contribution < 1.29 is 19.1 Å². The second-order valence-corrected chi connectivity index (χ2v) is 7.48. The number of anilines is 1. The van der Waals surface area contributed by atoms with Crippen LogP contribution in [0.5, 0.6) is 11.5 Å². The van der Waals surface area contributed by atoms with E-state index < -0.39 is 0 Å². The molecule has 132 valence electrons. The van der Waals surface area contributed by atoms with Crippen LogP contribution in [-0.2, 0) is 4.79 Å². The van der Waals surface area contributed by atoms with E-state index in [-0.39, 0.29) is 24.6 Å². The van der Waals surface area contributed by atoms with Crippen LogP contribution in [0.3, 0.4) is 0 Å².